The Hall–Kier alpha value is -1.97. The van der Waals surface area contributed by atoms with Gasteiger partial charge in [-0.05, 0) is 18.2 Å². The summed E-state index contributed by atoms with van der Waals surface area (Å²) in [5, 5.41) is 3.06. The highest BCUT2D eigenvalue weighted by Crippen LogP contribution is 2.24. The van der Waals surface area contributed by atoms with Gasteiger partial charge in [0, 0.05) is 12.1 Å². The van der Waals surface area contributed by atoms with Crippen LogP contribution in [0.4, 0.5) is 5.69 Å². The number of amides is 1. The summed E-state index contributed by atoms with van der Waals surface area (Å²) >= 11 is 0. The lowest BCUT2D eigenvalue weighted by molar-refractivity contribution is 0.100. The molecule has 1 rings (SSSR count). The minimum Gasteiger partial charge on any atom is -0.495 e. The van der Waals surface area contributed by atoms with Crippen LogP contribution in [0.25, 0.3) is 0 Å². The molecule has 1 aromatic carbocycles. The molecule has 15 heavy (non-hydrogen) atoms. The van der Waals surface area contributed by atoms with Gasteiger partial charge in [0.25, 0.3) is 0 Å². The molecule has 0 spiro atoms. The van der Waals surface area contributed by atoms with Crippen LogP contribution in [0.5, 0.6) is 5.75 Å². The first kappa shape index (κ1) is 11.1. The Labute approximate surface area is 88.7 Å². The van der Waals surface area contributed by atoms with Crippen molar-refractivity contribution in [1.29, 1.82) is 0 Å². The Morgan fingerprint density at radius 3 is 2.93 bits per heavy atom. The summed E-state index contributed by atoms with van der Waals surface area (Å²) in [5.74, 6) is 0.209. The van der Waals surface area contributed by atoms with E-state index in [1.54, 1.807) is 31.4 Å². The highest BCUT2D eigenvalue weighted by atomic mass is 16.5. The lowest BCUT2D eigenvalue weighted by atomic mass is 10.1. The molecule has 1 amide bonds. The molecule has 0 fully saturated rings. The van der Waals surface area contributed by atoms with E-state index in [1.165, 1.54) is 0 Å². The number of ether oxygens (including phenoxy) is 1. The normalized spacial score (nSPS) is 9.40. The van der Waals surface area contributed by atoms with Crippen LogP contribution in [0.1, 0.15) is 10.4 Å². The summed E-state index contributed by atoms with van der Waals surface area (Å²) in [5.41, 5.74) is 6.35. The molecule has 0 aromatic heterocycles. The van der Waals surface area contributed by atoms with E-state index < -0.39 is 5.91 Å². The van der Waals surface area contributed by atoms with Crippen molar-refractivity contribution in [1.82, 2.24) is 0 Å². The highest BCUT2D eigenvalue weighted by molar-refractivity contribution is 5.94. The zero-order valence-electron chi connectivity index (χ0n) is 8.62. The first-order chi connectivity index (χ1) is 7.19. The molecule has 4 nitrogen and oxygen atoms in total. The fraction of sp³-hybridized carbons (Fsp3) is 0.182. The molecule has 0 atom stereocenters. The average Bonchev–Trinajstić information content (AvgIpc) is 2.25. The van der Waals surface area contributed by atoms with Gasteiger partial charge in [-0.2, -0.15) is 0 Å². The second kappa shape index (κ2) is 5.05. The quantitative estimate of drug-likeness (QED) is 0.715. The number of carbonyl (C=O) groups excluding carboxylic acids is 1. The van der Waals surface area contributed by atoms with Gasteiger partial charge in [0.05, 0.1) is 12.8 Å². The van der Waals surface area contributed by atoms with Gasteiger partial charge in [-0.15, -0.1) is 6.58 Å². The van der Waals surface area contributed by atoms with Gasteiger partial charge in [0.2, 0.25) is 5.91 Å². The zero-order chi connectivity index (χ0) is 11.3. The van der Waals surface area contributed by atoms with E-state index in [0.717, 1.165) is 5.69 Å². The van der Waals surface area contributed by atoms with Crippen LogP contribution in [-0.2, 0) is 0 Å². The van der Waals surface area contributed by atoms with E-state index in [9.17, 15) is 4.79 Å². The SMILES string of the molecule is C=CCNc1cc(C(N)=O)ccc1OC. The van der Waals surface area contributed by atoms with Crippen molar-refractivity contribution in [3.8, 4) is 5.75 Å². The number of rotatable bonds is 5. The van der Waals surface area contributed by atoms with Crippen LogP contribution in [0.2, 0.25) is 0 Å². The molecule has 80 valence electrons. The Morgan fingerprint density at radius 2 is 2.40 bits per heavy atom. The fourth-order valence-electron chi connectivity index (χ4n) is 1.18. The molecule has 0 aliphatic rings. The van der Waals surface area contributed by atoms with Gasteiger partial charge in [-0.3, -0.25) is 4.79 Å². The monoisotopic (exact) mass is 206 g/mol. The molecular formula is C11H14N2O2. The first-order valence-corrected chi connectivity index (χ1v) is 4.51. The van der Waals surface area contributed by atoms with Crippen molar-refractivity contribution in [3.63, 3.8) is 0 Å². The molecular weight excluding hydrogens is 192 g/mol. The lowest BCUT2D eigenvalue weighted by Gasteiger charge is -2.10. The second-order valence-electron chi connectivity index (χ2n) is 2.95. The molecule has 0 saturated heterocycles. The molecule has 0 unspecified atom stereocenters. The molecule has 0 heterocycles. The van der Waals surface area contributed by atoms with Crippen molar-refractivity contribution in [3.05, 3.63) is 36.4 Å². The van der Waals surface area contributed by atoms with E-state index >= 15 is 0 Å². The largest absolute Gasteiger partial charge is 0.495 e. The standard InChI is InChI=1S/C11H14N2O2/c1-3-6-13-9-7-8(11(12)14)4-5-10(9)15-2/h3-5,7,13H,1,6H2,2H3,(H2,12,14). The van der Waals surface area contributed by atoms with Crippen molar-refractivity contribution in [2.45, 2.75) is 0 Å². The second-order valence-corrected chi connectivity index (χ2v) is 2.95. The number of nitrogens with two attached hydrogens (primary N) is 1. The summed E-state index contributed by atoms with van der Waals surface area (Å²) < 4.78 is 5.13. The van der Waals surface area contributed by atoms with Crippen molar-refractivity contribution < 1.29 is 9.53 Å². The van der Waals surface area contributed by atoms with Crippen LogP contribution in [0.3, 0.4) is 0 Å². The molecule has 0 aliphatic carbocycles. The van der Waals surface area contributed by atoms with E-state index in [1.807, 2.05) is 0 Å². The number of benzene rings is 1. The summed E-state index contributed by atoms with van der Waals surface area (Å²) in [4.78, 5) is 11.0. The maximum atomic E-state index is 11.0. The maximum Gasteiger partial charge on any atom is 0.248 e. The number of hydrogen-bond donors (Lipinski definition) is 2. The Kier molecular flexibility index (Phi) is 3.74. The molecule has 0 radical (unpaired) electrons. The van der Waals surface area contributed by atoms with Gasteiger partial charge >= 0.3 is 0 Å². The minimum absolute atomic E-state index is 0.447. The number of carbonyl (C=O) groups is 1. The molecule has 4 heteroatoms. The number of nitrogens with one attached hydrogen (secondary N) is 1. The van der Waals surface area contributed by atoms with E-state index in [0.29, 0.717) is 17.9 Å². The number of methoxy groups -OCH3 is 1. The first-order valence-electron chi connectivity index (χ1n) is 4.51. The van der Waals surface area contributed by atoms with Crippen LogP contribution >= 0.6 is 0 Å². The van der Waals surface area contributed by atoms with Gasteiger partial charge in [0.1, 0.15) is 5.75 Å². The van der Waals surface area contributed by atoms with Crippen LogP contribution in [0, 0.1) is 0 Å². The number of hydrogen-bond acceptors (Lipinski definition) is 3. The van der Waals surface area contributed by atoms with E-state index in [-0.39, 0.29) is 0 Å². The number of anilines is 1. The fourth-order valence-corrected chi connectivity index (χ4v) is 1.18. The summed E-state index contributed by atoms with van der Waals surface area (Å²) in [6.45, 7) is 4.19. The lowest BCUT2D eigenvalue weighted by Crippen LogP contribution is -2.11. The molecule has 0 aliphatic heterocycles. The predicted octanol–water partition coefficient (Wildman–Crippen LogP) is 1.39. The maximum absolute atomic E-state index is 11.0. The van der Waals surface area contributed by atoms with Gasteiger partial charge < -0.3 is 15.8 Å². The molecule has 1 aromatic rings. The van der Waals surface area contributed by atoms with Crippen LogP contribution in [-0.4, -0.2) is 19.6 Å². The van der Waals surface area contributed by atoms with Gasteiger partial charge in [0.15, 0.2) is 0 Å². The number of primary amides is 1. The van der Waals surface area contributed by atoms with Crippen molar-refractivity contribution in [2.75, 3.05) is 19.0 Å². The predicted molar refractivity (Wildman–Crippen MR) is 60.2 cm³/mol. The van der Waals surface area contributed by atoms with E-state index in [2.05, 4.69) is 11.9 Å². The van der Waals surface area contributed by atoms with Crippen molar-refractivity contribution >= 4 is 11.6 Å². The Bertz CT molecular complexity index is 375. The smallest absolute Gasteiger partial charge is 0.248 e. The van der Waals surface area contributed by atoms with Crippen LogP contribution < -0.4 is 15.8 Å². The summed E-state index contributed by atoms with van der Waals surface area (Å²) in [6, 6.07) is 4.98. The Morgan fingerprint density at radius 1 is 1.67 bits per heavy atom. The van der Waals surface area contributed by atoms with E-state index in [4.69, 9.17) is 10.5 Å². The third kappa shape index (κ3) is 2.74. The third-order valence-corrected chi connectivity index (χ3v) is 1.92. The van der Waals surface area contributed by atoms with Gasteiger partial charge in [-0.1, -0.05) is 6.08 Å². The minimum atomic E-state index is -0.459. The molecule has 0 bridgehead atoms. The highest BCUT2D eigenvalue weighted by Gasteiger charge is 2.06. The summed E-state index contributed by atoms with van der Waals surface area (Å²) in [7, 11) is 1.57. The topological polar surface area (TPSA) is 64.3 Å². The van der Waals surface area contributed by atoms with Crippen molar-refractivity contribution in [2.24, 2.45) is 5.73 Å². The van der Waals surface area contributed by atoms with Crippen LogP contribution in [0.15, 0.2) is 30.9 Å². The Balaban J connectivity index is 3.01. The average molecular weight is 206 g/mol. The summed E-state index contributed by atoms with van der Waals surface area (Å²) in [6.07, 6.45) is 1.72. The molecule has 0 saturated carbocycles. The third-order valence-electron chi connectivity index (χ3n) is 1.92. The molecule has 3 N–H and O–H groups in total. The van der Waals surface area contributed by atoms with Gasteiger partial charge in [-0.25, -0.2) is 0 Å². The zero-order valence-corrected chi connectivity index (χ0v) is 8.62.